The molecule has 25 heavy (non-hydrogen) atoms. The Morgan fingerprint density at radius 1 is 1.16 bits per heavy atom. The normalized spacial score (nSPS) is 12.5. The molecule has 0 saturated carbocycles. The smallest absolute Gasteiger partial charge is 0.387 e. The lowest BCUT2D eigenvalue weighted by Gasteiger charge is -2.18. The summed E-state index contributed by atoms with van der Waals surface area (Å²) in [7, 11) is 0. The Hall–Kier alpha value is -1.92. The van der Waals surface area contributed by atoms with Crippen molar-refractivity contribution in [3.05, 3.63) is 52.3 Å². The molecule has 0 aliphatic rings. The van der Waals surface area contributed by atoms with Crippen LogP contribution in [0.5, 0.6) is 11.5 Å². The highest BCUT2D eigenvalue weighted by Gasteiger charge is 2.18. The summed E-state index contributed by atoms with van der Waals surface area (Å²) in [6, 6.07) is 4.40. The Morgan fingerprint density at radius 3 is 2.48 bits per heavy atom. The molecular formula is C18H20ClF2NO3. The molecule has 136 valence electrons. The first-order chi connectivity index (χ1) is 11.8. The molecule has 0 spiro atoms. The fraction of sp³-hybridized carbons (Fsp3) is 0.389. The number of aryl methyl sites for hydroxylation is 1. The highest BCUT2D eigenvalue weighted by atomic mass is 35.5. The lowest BCUT2D eigenvalue weighted by atomic mass is 9.99. The van der Waals surface area contributed by atoms with E-state index in [9.17, 15) is 13.9 Å². The Bertz CT molecular complexity index is 705. The summed E-state index contributed by atoms with van der Waals surface area (Å²) in [4.78, 5) is 3.99. The van der Waals surface area contributed by atoms with E-state index in [1.54, 1.807) is 20.0 Å². The fourth-order valence-corrected chi connectivity index (χ4v) is 2.68. The van der Waals surface area contributed by atoms with Crippen molar-refractivity contribution in [2.24, 2.45) is 0 Å². The molecule has 0 fully saturated rings. The van der Waals surface area contributed by atoms with Crippen molar-refractivity contribution in [3.63, 3.8) is 0 Å². The van der Waals surface area contributed by atoms with E-state index in [-0.39, 0.29) is 24.0 Å². The quantitative estimate of drug-likeness (QED) is 0.766. The molecule has 7 heteroatoms. The molecule has 1 heterocycles. The van der Waals surface area contributed by atoms with Crippen molar-refractivity contribution in [3.8, 4) is 11.5 Å². The van der Waals surface area contributed by atoms with Gasteiger partial charge in [0.25, 0.3) is 0 Å². The molecule has 0 saturated heterocycles. The van der Waals surface area contributed by atoms with Crippen molar-refractivity contribution in [2.45, 2.75) is 46.0 Å². The van der Waals surface area contributed by atoms with Gasteiger partial charge in [-0.25, -0.2) is 0 Å². The summed E-state index contributed by atoms with van der Waals surface area (Å²) in [5.74, 6) is 0.0853. The van der Waals surface area contributed by atoms with Crippen LogP contribution >= 0.6 is 11.6 Å². The lowest BCUT2D eigenvalue weighted by Crippen LogP contribution is -2.11. The average Bonchev–Trinajstić information content (AvgIpc) is 2.51. The Balaban J connectivity index is 2.28. The predicted octanol–water partition coefficient (Wildman–Crippen LogP) is 4.71. The molecule has 0 aliphatic heterocycles. The van der Waals surface area contributed by atoms with Crippen molar-refractivity contribution < 1.29 is 23.4 Å². The Kier molecular flexibility index (Phi) is 6.56. The number of aliphatic hydroxyl groups excluding tert-OH is 1. The van der Waals surface area contributed by atoms with Crippen LogP contribution in [0.4, 0.5) is 8.78 Å². The first kappa shape index (κ1) is 19.4. The molecule has 1 aromatic carbocycles. The van der Waals surface area contributed by atoms with Crippen LogP contribution in [0.1, 0.15) is 36.6 Å². The zero-order valence-corrected chi connectivity index (χ0v) is 14.9. The van der Waals surface area contributed by atoms with Crippen LogP contribution in [0, 0.1) is 6.92 Å². The maximum absolute atomic E-state index is 12.5. The molecule has 2 rings (SSSR count). The monoisotopic (exact) mass is 371 g/mol. The highest BCUT2D eigenvalue weighted by molar-refractivity contribution is 6.31. The minimum atomic E-state index is -2.96. The van der Waals surface area contributed by atoms with Crippen LogP contribution in [-0.4, -0.2) is 22.8 Å². The Labute approximate surface area is 150 Å². The van der Waals surface area contributed by atoms with Crippen molar-refractivity contribution in [2.75, 3.05) is 0 Å². The number of aliphatic hydroxyl groups is 1. The molecule has 0 unspecified atom stereocenters. The van der Waals surface area contributed by atoms with E-state index in [1.165, 1.54) is 24.4 Å². The third-order valence-corrected chi connectivity index (χ3v) is 3.87. The second-order valence-electron chi connectivity index (χ2n) is 5.89. The van der Waals surface area contributed by atoms with E-state index in [2.05, 4.69) is 9.72 Å². The summed E-state index contributed by atoms with van der Waals surface area (Å²) in [5.41, 5.74) is 2.16. The van der Waals surface area contributed by atoms with Gasteiger partial charge in [0.05, 0.1) is 17.2 Å². The van der Waals surface area contributed by atoms with Gasteiger partial charge in [-0.3, -0.25) is 4.98 Å². The van der Waals surface area contributed by atoms with Crippen LogP contribution in [-0.2, 0) is 6.42 Å². The maximum atomic E-state index is 12.5. The molecular weight excluding hydrogens is 352 g/mol. The second-order valence-corrected chi connectivity index (χ2v) is 6.30. The number of halogens is 3. The number of pyridine rings is 1. The van der Waals surface area contributed by atoms with Gasteiger partial charge in [-0.05, 0) is 49.6 Å². The number of hydrogen-bond donors (Lipinski definition) is 1. The zero-order valence-electron chi connectivity index (χ0n) is 14.2. The fourth-order valence-electron chi connectivity index (χ4n) is 2.40. The molecule has 0 amide bonds. The van der Waals surface area contributed by atoms with Gasteiger partial charge in [-0.15, -0.1) is 0 Å². The van der Waals surface area contributed by atoms with Gasteiger partial charge in [0.15, 0.2) is 11.5 Å². The van der Waals surface area contributed by atoms with Crippen molar-refractivity contribution in [1.82, 2.24) is 4.98 Å². The van der Waals surface area contributed by atoms with Gasteiger partial charge >= 0.3 is 6.61 Å². The van der Waals surface area contributed by atoms with Gasteiger partial charge in [0.1, 0.15) is 0 Å². The van der Waals surface area contributed by atoms with E-state index >= 15 is 0 Å². The minimum Gasteiger partial charge on any atom is -0.487 e. The van der Waals surface area contributed by atoms with E-state index in [0.717, 1.165) is 11.1 Å². The largest absolute Gasteiger partial charge is 0.487 e. The summed E-state index contributed by atoms with van der Waals surface area (Å²) in [6.45, 7) is 2.45. The number of nitrogens with zero attached hydrogens (tertiary/aromatic N) is 1. The summed E-state index contributed by atoms with van der Waals surface area (Å²) in [6.07, 6.45) is 2.34. The first-order valence-corrected chi connectivity index (χ1v) is 8.18. The second kappa shape index (κ2) is 8.45. The topological polar surface area (TPSA) is 51.6 Å². The van der Waals surface area contributed by atoms with Crippen LogP contribution in [0.2, 0.25) is 5.02 Å². The third kappa shape index (κ3) is 5.28. The van der Waals surface area contributed by atoms with Crippen molar-refractivity contribution in [1.29, 1.82) is 0 Å². The van der Waals surface area contributed by atoms with Crippen LogP contribution < -0.4 is 9.47 Å². The van der Waals surface area contributed by atoms with Gasteiger partial charge in [-0.2, -0.15) is 8.78 Å². The SMILES string of the molecule is Cc1cncc(Cl)c1C[C@H](O)c1ccc(OC(F)F)c(OC(C)C)c1. The summed E-state index contributed by atoms with van der Waals surface area (Å²) in [5, 5.41) is 11.0. The number of benzene rings is 1. The average molecular weight is 372 g/mol. The van der Waals surface area contributed by atoms with E-state index in [1.807, 2.05) is 6.92 Å². The van der Waals surface area contributed by atoms with Crippen LogP contribution in [0.3, 0.4) is 0 Å². The zero-order chi connectivity index (χ0) is 18.6. The standard InChI is InChI=1S/C18H20ClF2NO3/c1-10(2)24-17-6-12(4-5-16(17)25-18(20)21)15(23)7-13-11(3)8-22-9-14(13)19/h4-6,8-10,15,18,23H,7H2,1-3H3/t15-/m0/s1. The van der Waals surface area contributed by atoms with E-state index < -0.39 is 12.7 Å². The van der Waals surface area contributed by atoms with Crippen LogP contribution in [0.25, 0.3) is 0 Å². The Morgan fingerprint density at radius 2 is 1.88 bits per heavy atom. The summed E-state index contributed by atoms with van der Waals surface area (Å²) >= 11 is 6.14. The van der Waals surface area contributed by atoms with Crippen molar-refractivity contribution >= 4 is 11.6 Å². The van der Waals surface area contributed by atoms with Gasteiger partial charge in [0, 0.05) is 18.8 Å². The molecule has 1 atom stereocenters. The van der Waals surface area contributed by atoms with E-state index in [0.29, 0.717) is 10.6 Å². The maximum Gasteiger partial charge on any atom is 0.387 e. The molecule has 0 aliphatic carbocycles. The van der Waals surface area contributed by atoms with Gasteiger partial charge < -0.3 is 14.6 Å². The molecule has 4 nitrogen and oxygen atoms in total. The third-order valence-electron chi connectivity index (χ3n) is 3.55. The first-order valence-electron chi connectivity index (χ1n) is 7.80. The molecule has 2 aromatic rings. The number of hydrogen-bond acceptors (Lipinski definition) is 4. The minimum absolute atomic E-state index is 0.0715. The molecule has 1 N–H and O–H groups in total. The molecule has 0 bridgehead atoms. The van der Waals surface area contributed by atoms with E-state index in [4.69, 9.17) is 16.3 Å². The summed E-state index contributed by atoms with van der Waals surface area (Å²) < 4.78 is 35.0. The highest BCUT2D eigenvalue weighted by Crippen LogP contribution is 2.34. The lowest BCUT2D eigenvalue weighted by molar-refractivity contribution is -0.0519. The number of aromatic nitrogens is 1. The predicted molar refractivity (Wildman–Crippen MR) is 91.5 cm³/mol. The van der Waals surface area contributed by atoms with Gasteiger partial charge in [0.2, 0.25) is 0 Å². The number of ether oxygens (including phenoxy) is 2. The van der Waals surface area contributed by atoms with Crippen LogP contribution in [0.15, 0.2) is 30.6 Å². The van der Waals surface area contributed by atoms with Gasteiger partial charge in [-0.1, -0.05) is 17.7 Å². The number of rotatable bonds is 7. The molecule has 1 aromatic heterocycles. The number of alkyl halides is 2. The molecule has 0 radical (unpaired) electrons.